The Morgan fingerprint density at radius 2 is 1.15 bits per heavy atom. The molecule has 0 atom stereocenters. The van der Waals surface area contributed by atoms with Gasteiger partial charge in [0.2, 0.25) is 0 Å². The van der Waals surface area contributed by atoms with Crippen molar-refractivity contribution in [2.24, 2.45) is 0 Å². The van der Waals surface area contributed by atoms with E-state index < -0.39 is 0 Å². The fourth-order valence-electron chi connectivity index (χ4n) is 9.02. The summed E-state index contributed by atoms with van der Waals surface area (Å²) in [5.41, 5.74) is 11.8. The molecule has 1 aliphatic heterocycles. The normalized spacial score (nSPS) is 13.2. The van der Waals surface area contributed by atoms with Crippen LogP contribution < -0.4 is 14.5 Å². The monoisotopic (exact) mass is 1040 g/mol. The van der Waals surface area contributed by atoms with Crippen LogP contribution in [0.5, 0.6) is 11.5 Å². The van der Waals surface area contributed by atoms with E-state index in [1.54, 1.807) is 0 Å². The molecule has 0 amide bonds. The van der Waals surface area contributed by atoms with Gasteiger partial charge >= 0.3 is 0 Å². The molecule has 1 aliphatic rings. The maximum atomic E-state index is 6.69. The van der Waals surface area contributed by atoms with E-state index >= 15 is 0 Å². The third-order valence-corrected chi connectivity index (χ3v) is 13.1. The van der Waals surface area contributed by atoms with Gasteiger partial charge in [-0.2, -0.15) is 12.1 Å². The van der Waals surface area contributed by atoms with Crippen molar-refractivity contribution in [3.8, 4) is 17.3 Å². The second-order valence-electron chi connectivity index (χ2n) is 19.1. The molecule has 7 aromatic carbocycles. The summed E-state index contributed by atoms with van der Waals surface area (Å²) in [5, 5.41) is 2.21. The number of pyridine rings is 1. The van der Waals surface area contributed by atoms with Crippen molar-refractivity contribution in [3.05, 3.63) is 241 Å². The average Bonchev–Trinajstić information content (AvgIpc) is 3.92. The van der Waals surface area contributed by atoms with Crippen LogP contribution in [0.2, 0.25) is 0 Å². The number of ether oxygens (including phenoxy) is 1. The van der Waals surface area contributed by atoms with Gasteiger partial charge in [-0.05, 0) is 80.7 Å². The van der Waals surface area contributed by atoms with Gasteiger partial charge < -0.3 is 19.1 Å². The molecule has 6 heteroatoms. The Morgan fingerprint density at radius 1 is 0.530 bits per heavy atom. The van der Waals surface area contributed by atoms with Gasteiger partial charge in [0.05, 0.1) is 0 Å². The topological polar surface area (TPSA) is 33.5 Å². The number of hydrogen-bond donors (Lipinski definition) is 0. The molecule has 0 fully saturated rings. The summed E-state index contributed by atoms with van der Waals surface area (Å²) in [7, 11) is 0. The van der Waals surface area contributed by atoms with Crippen LogP contribution in [0.3, 0.4) is 0 Å². The smallest absolute Gasteiger partial charge is 0.135 e. The molecule has 66 heavy (non-hydrogen) atoms. The molecule has 0 bridgehead atoms. The van der Waals surface area contributed by atoms with Crippen LogP contribution in [0.15, 0.2) is 188 Å². The van der Waals surface area contributed by atoms with E-state index in [4.69, 9.17) is 9.72 Å². The summed E-state index contributed by atoms with van der Waals surface area (Å²) >= 11 is 0. The first-order valence-electron chi connectivity index (χ1n) is 22.4. The Labute approximate surface area is 404 Å². The van der Waals surface area contributed by atoms with Gasteiger partial charge in [0.25, 0.3) is 0 Å². The van der Waals surface area contributed by atoms with Crippen molar-refractivity contribution >= 4 is 38.9 Å². The molecule has 0 N–H and O–H groups in total. The van der Waals surface area contributed by atoms with Gasteiger partial charge in [-0.15, -0.1) is 48.1 Å². The Hall–Kier alpha value is -6.68. The van der Waals surface area contributed by atoms with Crippen molar-refractivity contribution < 1.29 is 25.8 Å². The van der Waals surface area contributed by atoms with E-state index in [9.17, 15) is 0 Å². The van der Waals surface area contributed by atoms with Gasteiger partial charge in [0, 0.05) is 66.5 Å². The molecule has 9 aromatic rings. The second-order valence-corrected chi connectivity index (χ2v) is 19.1. The van der Waals surface area contributed by atoms with Crippen molar-refractivity contribution in [1.29, 1.82) is 0 Å². The van der Waals surface area contributed by atoms with E-state index in [-0.39, 0.29) is 37.3 Å². The van der Waals surface area contributed by atoms with Gasteiger partial charge in [-0.25, -0.2) is 4.98 Å². The van der Waals surface area contributed by atoms with Gasteiger partial charge in [0.1, 0.15) is 5.82 Å². The van der Waals surface area contributed by atoms with E-state index in [0.29, 0.717) is 11.5 Å². The summed E-state index contributed by atoms with van der Waals surface area (Å²) < 4.78 is 8.89. The Bertz CT molecular complexity index is 3200. The zero-order valence-electron chi connectivity index (χ0n) is 38.5. The number of hydrogen-bond acceptors (Lipinski definition) is 4. The SMILES string of the molecule is CC(C)(C)c1cc(N2C=C(c3ccccc3)N(c3[c-]c(Oc4[c-]c5c(cc4)c4ccccc4n5-c4cc(C(C)(C)c5ccccc5)ccn4)ccc3)[CH-]2)cc(C(C)(C)c2ccccc2)c1.[Pt]. The molecule has 5 nitrogen and oxygen atoms in total. The van der Waals surface area contributed by atoms with Crippen molar-refractivity contribution in [2.75, 3.05) is 9.80 Å². The summed E-state index contributed by atoms with van der Waals surface area (Å²) in [6.45, 7) is 18.2. The third kappa shape index (κ3) is 8.38. The van der Waals surface area contributed by atoms with Crippen LogP contribution in [-0.4, -0.2) is 9.55 Å². The summed E-state index contributed by atoms with van der Waals surface area (Å²) in [6.07, 6.45) is 4.14. The summed E-state index contributed by atoms with van der Waals surface area (Å²) in [5.74, 6) is 2.01. The fraction of sp³-hybridized carbons (Fsp3) is 0.167. The Morgan fingerprint density at radius 3 is 1.85 bits per heavy atom. The molecule has 3 heterocycles. The van der Waals surface area contributed by atoms with Crippen LogP contribution in [-0.2, 0) is 37.3 Å². The minimum atomic E-state index is -0.228. The van der Waals surface area contributed by atoms with E-state index in [1.807, 2.05) is 24.4 Å². The molecule has 0 unspecified atom stereocenters. The predicted octanol–water partition coefficient (Wildman–Crippen LogP) is 15.0. The van der Waals surface area contributed by atoms with Crippen LogP contribution in [0.1, 0.15) is 81.8 Å². The number of aromatic nitrogens is 2. The van der Waals surface area contributed by atoms with Gasteiger partial charge in [-0.3, -0.25) is 0 Å². The number of para-hydroxylation sites is 1. The Balaban J connectivity index is 0.00000548. The van der Waals surface area contributed by atoms with Crippen LogP contribution in [0, 0.1) is 18.8 Å². The molecule has 0 saturated carbocycles. The van der Waals surface area contributed by atoms with Crippen LogP contribution in [0.25, 0.3) is 33.3 Å². The maximum Gasteiger partial charge on any atom is 0.135 e. The molecule has 0 spiro atoms. The number of fused-ring (bicyclic) bond motifs is 3. The number of anilines is 2. The number of benzene rings is 7. The summed E-state index contributed by atoms with van der Waals surface area (Å²) in [6, 6.07) is 69.3. The first-order chi connectivity index (χ1) is 31.3. The maximum absolute atomic E-state index is 6.69. The largest absolute Gasteiger partial charge is 0.509 e. The van der Waals surface area contributed by atoms with E-state index in [2.05, 4.69) is 246 Å². The predicted molar refractivity (Wildman–Crippen MR) is 269 cm³/mol. The minimum absolute atomic E-state index is 0. The first kappa shape index (κ1) is 44.5. The standard InChI is InChI=1S/C60H53N4O.Pt/c1-58(2,3)46-34-47(60(6,7)44-24-15-10-16-25-44)36-49(35-46)62-40-56(42-20-11-8-12-21-42)63(41-62)48-26-19-27-50(38-48)65-51-30-31-53-52-28-17-18-29-54(52)64(55(53)39-51)57-37-45(32-33-61-57)59(4,5)43-22-13-9-14-23-43;/h8-37,40-41H,1-7H3;/q-3;. The number of nitrogens with zero attached hydrogens (tertiary/aromatic N) is 4. The molecule has 10 rings (SSSR count). The summed E-state index contributed by atoms with van der Waals surface area (Å²) in [4.78, 5) is 9.39. The minimum Gasteiger partial charge on any atom is -0.509 e. The van der Waals surface area contributed by atoms with Crippen molar-refractivity contribution in [1.82, 2.24) is 9.55 Å². The third-order valence-electron chi connectivity index (χ3n) is 13.1. The molecule has 2 aromatic heterocycles. The second kappa shape index (κ2) is 17.6. The molecule has 332 valence electrons. The Kier molecular flexibility index (Phi) is 11.9. The average molecular weight is 1040 g/mol. The zero-order valence-corrected chi connectivity index (χ0v) is 40.8. The van der Waals surface area contributed by atoms with Crippen LogP contribution >= 0.6 is 0 Å². The van der Waals surface area contributed by atoms with E-state index in [1.165, 1.54) is 27.8 Å². The molecular weight excluding hydrogens is 988 g/mol. The van der Waals surface area contributed by atoms with Crippen LogP contribution in [0.4, 0.5) is 11.4 Å². The molecular formula is C60H53N4OPt-3. The van der Waals surface area contributed by atoms with E-state index in [0.717, 1.165) is 50.3 Å². The van der Waals surface area contributed by atoms with Crippen molar-refractivity contribution in [3.63, 3.8) is 0 Å². The zero-order chi connectivity index (χ0) is 44.9. The first-order valence-corrected chi connectivity index (χ1v) is 22.4. The van der Waals surface area contributed by atoms with Gasteiger partial charge in [0.15, 0.2) is 0 Å². The van der Waals surface area contributed by atoms with Gasteiger partial charge in [-0.1, -0.05) is 169 Å². The quantitative estimate of drug-likeness (QED) is 0.128. The molecule has 0 saturated heterocycles. The molecule has 0 aliphatic carbocycles. The number of rotatable bonds is 10. The van der Waals surface area contributed by atoms with Crippen molar-refractivity contribution in [2.45, 2.75) is 64.7 Å². The fourth-order valence-corrected chi connectivity index (χ4v) is 9.02. The molecule has 0 radical (unpaired) electrons.